The first-order valence-electron chi connectivity index (χ1n) is 12.0. The standard InChI is InChI=1S/C26H40O6Si2/c1-33(2,3)31-23-22(19-28-17-20-13-9-7-10-14-20)30-26(27)25(24(23)32-34(4,5)6)29-18-21-15-11-8-12-16-21/h7-16,22-27H,17-19H2,1-6H3/t22-,23+,24+,25-,26+/m1/s1. The summed E-state index contributed by atoms with van der Waals surface area (Å²) < 4.78 is 31.5. The van der Waals surface area contributed by atoms with E-state index in [1.807, 2.05) is 60.7 Å². The fourth-order valence-electron chi connectivity index (χ4n) is 3.93. The molecule has 0 unspecified atom stereocenters. The number of aliphatic hydroxyl groups is 1. The lowest BCUT2D eigenvalue weighted by Crippen LogP contribution is -2.64. The molecular formula is C26H40O6Si2. The summed E-state index contributed by atoms with van der Waals surface area (Å²) in [6.07, 6.45) is -3.14. The largest absolute Gasteiger partial charge is 0.409 e. The number of hydrogen-bond donors (Lipinski definition) is 1. The monoisotopic (exact) mass is 504 g/mol. The Kier molecular flexibility index (Phi) is 9.65. The molecule has 3 rings (SSSR count). The lowest BCUT2D eigenvalue weighted by atomic mass is 9.99. The third-order valence-electron chi connectivity index (χ3n) is 5.27. The molecule has 0 aliphatic carbocycles. The number of benzene rings is 2. The minimum absolute atomic E-state index is 0.290. The molecule has 2 aromatic carbocycles. The Labute approximate surface area is 206 Å². The van der Waals surface area contributed by atoms with Crippen LogP contribution in [0.1, 0.15) is 11.1 Å². The van der Waals surface area contributed by atoms with Gasteiger partial charge in [0.15, 0.2) is 22.9 Å². The van der Waals surface area contributed by atoms with Crippen LogP contribution < -0.4 is 0 Å². The summed E-state index contributed by atoms with van der Waals surface area (Å²) >= 11 is 0. The number of rotatable bonds is 11. The lowest BCUT2D eigenvalue weighted by molar-refractivity contribution is -0.294. The van der Waals surface area contributed by atoms with Crippen molar-refractivity contribution in [3.05, 3.63) is 71.8 Å². The van der Waals surface area contributed by atoms with Gasteiger partial charge >= 0.3 is 0 Å². The molecule has 0 amide bonds. The second-order valence-corrected chi connectivity index (χ2v) is 19.6. The minimum Gasteiger partial charge on any atom is -0.409 e. The molecule has 1 aliphatic heterocycles. The van der Waals surface area contributed by atoms with E-state index in [0.29, 0.717) is 13.2 Å². The van der Waals surface area contributed by atoms with Gasteiger partial charge < -0.3 is 28.2 Å². The molecule has 1 saturated heterocycles. The Morgan fingerprint density at radius 1 is 0.706 bits per heavy atom. The highest BCUT2D eigenvalue weighted by molar-refractivity contribution is 6.70. The maximum Gasteiger partial charge on any atom is 0.184 e. The molecule has 5 atom stereocenters. The van der Waals surface area contributed by atoms with Crippen molar-refractivity contribution in [3.63, 3.8) is 0 Å². The van der Waals surface area contributed by atoms with Crippen molar-refractivity contribution in [1.29, 1.82) is 0 Å². The summed E-state index contributed by atoms with van der Waals surface area (Å²) in [6.45, 7) is 13.9. The van der Waals surface area contributed by atoms with Crippen molar-refractivity contribution in [3.8, 4) is 0 Å². The molecule has 8 heteroatoms. The van der Waals surface area contributed by atoms with Gasteiger partial charge in [-0.25, -0.2) is 0 Å². The smallest absolute Gasteiger partial charge is 0.184 e. The van der Waals surface area contributed by atoms with Crippen LogP contribution in [0, 0.1) is 0 Å². The van der Waals surface area contributed by atoms with Crippen LogP contribution in [0.15, 0.2) is 60.7 Å². The quantitative estimate of drug-likeness (QED) is 0.437. The van der Waals surface area contributed by atoms with Crippen LogP contribution in [0.5, 0.6) is 0 Å². The number of ether oxygens (including phenoxy) is 3. The molecule has 188 valence electrons. The van der Waals surface area contributed by atoms with Gasteiger partial charge in [0.2, 0.25) is 0 Å². The van der Waals surface area contributed by atoms with Crippen LogP contribution in [-0.4, -0.2) is 59.1 Å². The molecular weight excluding hydrogens is 464 g/mol. The van der Waals surface area contributed by atoms with E-state index < -0.39 is 47.3 Å². The Bertz CT molecular complexity index is 853. The van der Waals surface area contributed by atoms with Crippen LogP contribution >= 0.6 is 0 Å². The Balaban J connectivity index is 1.79. The van der Waals surface area contributed by atoms with Crippen LogP contribution in [0.4, 0.5) is 0 Å². The zero-order valence-electron chi connectivity index (χ0n) is 21.3. The zero-order valence-corrected chi connectivity index (χ0v) is 23.3. The van der Waals surface area contributed by atoms with E-state index in [4.69, 9.17) is 23.1 Å². The predicted molar refractivity (Wildman–Crippen MR) is 138 cm³/mol. The molecule has 1 fully saturated rings. The summed E-state index contributed by atoms with van der Waals surface area (Å²) in [7, 11) is -3.99. The average Bonchev–Trinajstić information content (AvgIpc) is 2.75. The highest BCUT2D eigenvalue weighted by atomic mass is 28.4. The maximum absolute atomic E-state index is 11.0. The van der Waals surface area contributed by atoms with Gasteiger partial charge in [0.05, 0.1) is 19.8 Å². The van der Waals surface area contributed by atoms with Crippen molar-refractivity contribution in [2.24, 2.45) is 0 Å². The first kappa shape index (κ1) is 27.2. The van der Waals surface area contributed by atoms with Gasteiger partial charge in [-0.2, -0.15) is 0 Å². The first-order valence-corrected chi connectivity index (χ1v) is 18.8. The minimum atomic E-state index is -2.01. The van der Waals surface area contributed by atoms with Crippen molar-refractivity contribution in [1.82, 2.24) is 0 Å². The highest BCUT2D eigenvalue weighted by Gasteiger charge is 2.50. The topological polar surface area (TPSA) is 66.4 Å². The van der Waals surface area contributed by atoms with E-state index in [2.05, 4.69) is 39.3 Å². The number of aliphatic hydroxyl groups excluding tert-OH is 1. The van der Waals surface area contributed by atoms with Crippen LogP contribution in [0.2, 0.25) is 39.3 Å². The Hall–Kier alpha value is -1.37. The van der Waals surface area contributed by atoms with Gasteiger partial charge in [-0.3, -0.25) is 0 Å². The van der Waals surface area contributed by atoms with Crippen molar-refractivity contribution < 1.29 is 28.2 Å². The average molecular weight is 505 g/mol. The van der Waals surface area contributed by atoms with E-state index in [0.717, 1.165) is 11.1 Å². The molecule has 6 nitrogen and oxygen atoms in total. The molecule has 0 aromatic heterocycles. The molecule has 1 N–H and O–H groups in total. The molecule has 2 aromatic rings. The molecule has 1 heterocycles. The summed E-state index contributed by atoms with van der Waals surface area (Å²) in [5.41, 5.74) is 2.11. The third kappa shape index (κ3) is 8.69. The lowest BCUT2D eigenvalue weighted by Gasteiger charge is -2.48. The Morgan fingerprint density at radius 3 is 1.74 bits per heavy atom. The van der Waals surface area contributed by atoms with E-state index in [9.17, 15) is 5.11 Å². The second kappa shape index (κ2) is 12.1. The van der Waals surface area contributed by atoms with E-state index in [-0.39, 0.29) is 6.61 Å². The molecule has 0 bridgehead atoms. The molecule has 0 saturated carbocycles. The first-order chi connectivity index (χ1) is 16.0. The van der Waals surface area contributed by atoms with Gasteiger partial charge in [-0.1, -0.05) is 60.7 Å². The Morgan fingerprint density at radius 2 is 1.21 bits per heavy atom. The molecule has 1 aliphatic rings. The summed E-state index contributed by atoms with van der Waals surface area (Å²) in [5.74, 6) is 0. The predicted octanol–water partition coefficient (Wildman–Crippen LogP) is 4.95. The third-order valence-corrected chi connectivity index (χ3v) is 7.23. The van der Waals surface area contributed by atoms with Crippen molar-refractivity contribution in [2.45, 2.75) is 83.2 Å². The zero-order chi connectivity index (χ0) is 24.8. The van der Waals surface area contributed by atoms with Gasteiger partial charge in [0, 0.05) is 0 Å². The van der Waals surface area contributed by atoms with Crippen LogP contribution in [0.25, 0.3) is 0 Å². The summed E-state index contributed by atoms with van der Waals surface area (Å²) in [5, 5.41) is 11.0. The molecule has 0 radical (unpaired) electrons. The van der Waals surface area contributed by atoms with Gasteiger partial charge in [0.1, 0.15) is 24.4 Å². The summed E-state index contributed by atoms with van der Waals surface area (Å²) in [4.78, 5) is 0. The summed E-state index contributed by atoms with van der Waals surface area (Å²) in [6, 6.07) is 19.9. The van der Waals surface area contributed by atoms with Crippen LogP contribution in [0.3, 0.4) is 0 Å². The highest BCUT2D eigenvalue weighted by Crippen LogP contribution is 2.32. The van der Waals surface area contributed by atoms with Gasteiger partial charge in [-0.05, 0) is 50.4 Å². The normalized spacial score (nSPS) is 25.9. The van der Waals surface area contributed by atoms with E-state index in [1.54, 1.807) is 0 Å². The van der Waals surface area contributed by atoms with Gasteiger partial charge in [-0.15, -0.1) is 0 Å². The van der Waals surface area contributed by atoms with Crippen LogP contribution in [-0.2, 0) is 36.3 Å². The van der Waals surface area contributed by atoms with E-state index in [1.165, 1.54) is 0 Å². The molecule has 34 heavy (non-hydrogen) atoms. The SMILES string of the molecule is C[Si](C)(C)O[C@@H]1[C@@H](OCc2ccccc2)[C@@H](O)O[C@H](COCc2ccccc2)[C@@H]1O[Si](C)(C)C. The molecule has 0 spiro atoms. The van der Waals surface area contributed by atoms with Gasteiger partial charge in [0.25, 0.3) is 0 Å². The maximum atomic E-state index is 11.0. The van der Waals surface area contributed by atoms with Crippen molar-refractivity contribution in [2.75, 3.05) is 6.61 Å². The number of hydrogen-bond acceptors (Lipinski definition) is 6. The van der Waals surface area contributed by atoms with Crippen molar-refractivity contribution >= 4 is 16.6 Å². The fourth-order valence-corrected chi connectivity index (χ4v) is 6.12. The van der Waals surface area contributed by atoms with E-state index >= 15 is 0 Å². The fraction of sp³-hybridized carbons (Fsp3) is 0.538. The second-order valence-electron chi connectivity index (χ2n) is 10.7.